The molecule has 0 atom stereocenters. The number of ether oxygens (including phenoxy) is 2. The molecule has 3 nitrogen and oxygen atoms in total. The summed E-state index contributed by atoms with van der Waals surface area (Å²) in [6.07, 6.45) is 1.88. The van der Waals surface area contributed by atoms with Gasteiger partial charge in [0.15, 0.2) is 17.3 Å². The fourth-order valence-corrected chi connectivity index (χ4v) is 1.94. The molecule has 0 unspecified atom stereocenters. The van der Waals surface area contributed by atoms with Crippen LogP contribution in [0.5, 0.6) is 11.5 Å². The van der Waals surface area contributed by atoms with Crippen LogP contribution < -0.4 is 14.8 Å². The Morgan fingerprint density at radius 2 is 2.00 bits per heavy atom. The molecule has 0 amide bonds. The number of halogens is 1. The monoisotopic (exact) mass is 231 g/mol. The minimum Gasteiger partial charge on any atom is -0.493 e. The number of rotatable bonds is 4. The van der Waals surface area contributed by atoms with E-state index in [0.717, 1.165) is 4.90 Å². The number of benzene rings is 1. The summed E-state index contributed by atoms with van der Waals surface area (Å²) in [7, 11) is 4.57. The molecule has 1 N–H and O–H groups in total. The van der Waals surface area contributed by atoms with Crippen LogP contribution in [0.3, 0.4) is 0 Å². The van der Waals surface area contributed by atoms with E-state index < -0.39 is 5.82 Å². The molecule has 1 aromatic carbocycles. The van der Waals surface area contributed by atoms with Crippen molar-refractivity contribution in [3.05, 3.63) is 11.9 Å². The average molecular weight is 231 g/mol. The molecule has 0 aliphatic rings. The van der Waals surface area contributed by atoms with Crippen LogP contribution in [0, 0.1) is 5.82 Å². The van der Waals surface area contributed by atoms with E-state index in [9.17, 15) is 4.39 Å². The first-order valence-corrected chi connectivity index (χ1v) is 5.58. The van der Waals surface area contributed by atoms with Crippen molar-refractivity contribution >= 4 is 17.4 Å². The molecule has 0 aliphatic carbocycles. The topological polar surface area (TPSA) is 30.5 Å². The lowest BCUT2D eigenvalue weighted by molar-refractivity contribution is 0.337. The molecule has 0 fully saturated rings. The van der Waals surface area contributed by atoms with E-state index in [4.69, 9.17) is 9.47 Å². The van der Waals surface area contributed by atoms with Crippen molar-refractivity contribution in [3.63, 3.8) is 0 Å². The first-order chi connectivity index (χ1) is 7.19. The fraction of sp³-hybridized carbons (Fsp3) is 0.400. The Morgan fingerprint density at radius 1 is 1.33 bits per heavy atom. The van der Waals surface area contributed by atoms with Crippen molar-refractivity contribution in [3.8, 4) is 11.5 Å². The summed E-state index contributed by atoms with van der Waals surface area (Å²) >= 11 is 1.44. The van der Waals surface area contributed by atoms with Gasteiger partial charge in [-0.2, -0.15) is 0 Å². The molecular weight excluding hydrogens is 217 g/mol. The van der Waals surface area contributed by atoms with Gasteiger partial charge in [-0.05, 0) is 12.3 Å². The third kappa shape index (κ3) is 2.12. The Hall–Kier alpha value is -1.10. The number of hydrogen-bond acceptors (Lipinski definition) is 4. The normalized spacial score (nSPS) is 9.93. The predicted molar refractivity (Wildman–Crippen MR) is 60.8 cm³/mol. The van der Waals surface area contributed by atoms with E-state index in [0.29, 0.717) is 11.4 Å². The molecule has 0 aliphatic heterocycles. The van der Waals surface area contributed by atoms with Crippen molar-refractivity contribution in [2.75, 3.05) is 32.8 Å². The van der Waals surface area contributed by atoms with Crippen molar-refractivity contribution in [1.29, 1.82) is 0 Å². The van der Waals surface area contributed by atoms with Crippen molar-refractivity contribution in [2.45, 2.75) is 4.90 Å². The number of anilines is 1. The summed E-state index contributed by atoms with van der Waals surface area (Å²) < 4.78 is 23.9. The van der Waals surface area contributed by atoms with Crippen LogP contribution in [-0.2, 0) is 0 Å². The second-order valence-electron chi connectivity index (χ2n) is 2.75. The highest BCUT2D eigenvalue weighted by molar-refractivity contribution is 7.98. The maximum atomic E-state index is 13.9. The zero-order valence-corrected chi connectivity index (χ0v) is 10.00. The van der Waals surface area contributed by atoms with Gasteiger partial charge >= 0.3 is 0 Å². The van der Waals surface area contributed by atoms with Crippen LogP contribution in [0.15, 0.2) is 11.0 Å². The zero-order chi connectivity index (χ0) is 11.4. The van der Waals surface area contributed by atoms with E-state index in [-0.39, 0.29) is 5.75 Å². The van der Waals surface area contributed by atoms with Crippen LogP contribution in [0.25, 0.3) is 0 Å². The number of nitrogens with one attached hydrogen (secondary N) is 1. The summed E-state index contributed by atoms with van der Waals surface area (Å²) in [6, 6.07) is 1.75. The number of hydrogen-bond donors (Lipinski definition) is 1. The second kappa shape index (κ2) is 5.11. The second-order valence-corrected chi connectivity index (χ2v) is 3.60. The third-order valence-electron chi connectivity index (χ3n) is 2.05. The van der Waals surface area contributed by atoms with Crippen LogP contribution in [0.1, 0.15) is 0 Å². The van der Waals surface area contributed by atoms with Gasteiger partial charge in [0.1, 0.15) is 0 Å². The van der Waals surface area contributed by atoms with E-state index >= 15 is 0 Å². The van der Waals surface area contributed by atoms with Crippen molar-refractivity contribution in [2.24, 2.45) is 0 Å². The zero-order valence-electron chi connectivity index (χ0n) is 9.18. The van der Waals surface area contributed by atoms with Gasteiger partial charge in [0.2, 0.25) is 0 Å². The Bertz CT molecular complexity index is 328. The highest BCUT2D eigenvalue weighted by Crippen LogP contribution is 2.40. The van der Waals surface area contributed by atoms with Gasteiger partial charge in [-0.3, -0.25) is 0 Å². The lowest BCUT2D eigenvalue weighted by Gasteiger charge is -2.14. The molecule has 0 radical (unpaired) electrons. The van der Waals surface area contributed by atoms with Crippen LogP contribution in [-0.4, -0.2) is 27.5 Å². The third-order valence-corrected chi connectivity index (χ3v) is 2.81. The number of thioether (sulfide) groups is 1. The molecule has 5 heteroatoms. The molecule has 0 aromatic heterocycles. The lowest BCUT2D eigenvalue weighted by Crippen LogP contribution is -2.00. The van der Waals surface area contributed by atoms with Gasteiger partial charge in [0.25, 0.3) is 0 Å². The minimum absolute atomic E-state index is 0.125. The first-order valence-electron chi connectivity index (χ1n) is 4.35. The van der Waals surface area contributed by atoms with Crippen LogP contribution >= 0.6 is 11.8 Å². The molecule has 0 heterocycles. The Morgan fingerprint density at radius 3 is 2.40 bits per heavy atom. The highest BCUT2D eigenvalue weighted by atomic mass is 32.2. The molecular formula is C10H14FNO2S. The Balaban J connectivity index is 3.41. The smallest absolute Gasteiger partial charge is 0.199 e. The highest BCUT2D eigenvalue weighted by Gasteiger charge is 2.18. The van der Waals surface area contributed by atoms with Gasteiger partial charge in [-0.25, -0.2) is 4.39 Å². The maximum absolute atomic E-state index is 13.9. The van der Waals surface area contributed by atoms with Gasteiger partial charge in [0.05, 0.1) is 19.9 Å². The van der Waals surface area contributed by atoms with E-state index in [1.54, 1.807) is 13.1 Å². The number of methoxy groups -OCH3 is 2. The molecule has 84 valence electrons. The SMILES string of the molecule is CNc1c(SC)cc(OC)c(OC)c1F. The van der Waals surface area contributed by atoms with Gasteiger partial charge in [-0.15, -0.1) is 11.8 Å². The largest absolute Gasteiger partial charge is 0.493 e. The average Bonchev–Trinajstić information content (AvgIpc) is 2.27. The molecule has 0 bridgehead atoms. The molecule has 1 aromatic rings. The van der Waals surface area contributed by atoms with Gasteiger partial charge in [-0.1, -0.05) is 0 Å². The molecule has 1 rings (SSSR count). The van der Waals surface area contributed by atoms with Crippen molar-refractivity contribution in [1.82, 2.24) is 0 Å². The summed E-state index contributed by atoms with van der Waals surface area (Å²) in [5.74, 6) is 0.0988. The summed E-state index contributed by atoms with van der Waals surface area (Å²) in [6.45, 7) is 0. The Labute approximate surface area is 93.0 Å². The fourth-order valence-electron chi connectivity index (χ4n) is 1.32. The summed E-state index contributed by atoms with van der Waals surface area (Å²) in [5, 5.41) is 2.81. The van der Waals surface area contributed by atoms with E-state index in [1.807, 2.05) is 6.26 Å². The van der Waals surface area contributed by atoms with Gasteiger partial charge in [0, 0.05) is 11.9 Å². The first kappa shape index (κ1) is 12.0. The summed E-state index contributed by atoms with van der Waals surface area (Å²) in [4.78, 5) is 0.785. The quantitative estimate of drug-likeness (QED) is 0.807. The van der Waals surface area contributed by atoms with E-state index in [1.165, 1.54) is 26.0 Å². The predicted octanol–water partition coefficient (Wildman–Crippen LogP) is 2.61. The molecule has 0 spiro atoms. The van der Waals surface area contributed by atoms with Gasteiger partial charge < -0.3 is 14.8 Å². The lowest BCUT2D eigenvalue weighted by atomic mass is 10.2. The van der Waals surface area contributed by atoms with E-state index in [2.05, 4.69) is 5.32 Å². The van der Waals surface area contributed by atoms with Crippen molar-refractivity contribution < 1.29 is 13.9 Å². The molecule has 0 saturated carbocycles. The maximum Gasteiger partial charge on any atom is 0.199 e. The summed E-state index contributed by atoms with van der Waals surface area (Å²) in [5.41, 5.74) is 0.431. The molecule has 15 heavy (non-hydrogen) atoms. The Kier molecular flexibility index (Phi) is 4.08. The van der Waals surface area contributed by atoms with Crippen LogP contribution in [0.4, 0.5) is 10.1 Å². The standard InChI is InChI=1S/C10H14FNO2S/c1-12-9-7(15-4)5-6(13-2)10(14-3)8(9)11/h5,12H,1-4H3. The minimum atomic E-state index is -0.427. The van der Waals surface area contributed by atoms with Crippen LogP contribution in [0.2, 0.25) is 0 Å². The molecule has 0 saturated heterocycles.